The summed E-state index contributed by atoms with van der Waals surface area (Å²) in [5, 5.41) is 0. The van der Waals surface area contributed by atoms with Gasteiger partial charge in [0.15, 0.2) is 5.78 Å². The monoisotopic (exact) mass is 240 g/mol. The lowest BCUT2D eigenvalue weighted by molar-refractivity contribution is 0.0948. The van der Waals surface area contributed by atoms with Crippen molar-refractivity contribution in [2.45, 2.75) is 19.3 Å². The Labute approximate surface area is 105 Å². The van der Waals surface area contributed by atoms with Gasteiger partial charge in [-0.2, -0.15) is 0 Å². The summed E-state index contributed by atoms with van der Waals surface area (Å²) in [6, 6.07) is 12.5. The molecule has 0 saturated carbocycles. The van der Waals surface area contributed by atoms with Crippen LogP contribution in [0.25, 0.3) is 0 Å². The van der Waals surface area contributed by atoms with Gasteiger partial charge in [0.05, 0.1) is 5.92 Å². The van der Waals surface area contributed by atoms with E-state index in [-0.39, 0.29) is 17.5 Å². The highest BCUT2D eigenvalue weighted by atomic mass is 19.1. The number of carbonyl (C=O) groups is 1. The van der Waals surface area contributed by atoms with E-state index in [2.05, 4.69) is 0 Å². The molecule has 0 fully saturated rings. The summed E-state index contributed by atoms with van der Waals surface area (Å²) < 4.78 is 13.3. The van der Waals surface area contributed by atoms with Crippen LogP contribution in [0, 0.1) is 12.7 Å². The number of aryl methyl sites for hydroxylation is 1. The number of fused-ring (bicyclic) bond motifs is 1. The molecular formula is C16H13FO. The van der Waals surface area contributed by atoms with Crippen LogP contribution in [0.4, 0.5) is 4.39 Å². The van der Waals surface area contributed by atoms with Gasteiger partial charge in [0.2, 0.25) is 0 Å². The first-order chi connectivity index (χ1) is 8.65. The molecule has 2 heteroatoms. The molecule has 1 unspecified atom stereocenters. The molecule has 0 N–H and O–H groups in total. The van der Waals surface area contributed by atoms with Gasteiger partial charge >= 0.3 is 0 Å². The van der Waals surface area contributed by atoms with Gasteiger partial charge in [-0.1, -0.05) is 24.3 Å². The van der Waals surface area contributed by atoms with E-state index in [9.17, 15) is 9.18 Å². The van der Waals surface area contributed by atoms with Crippen molar-refractivity contribution in [3.63, 3.8) is 0 Å². The third-order valence-corrected chi connectivity index (χ3v) is 3.50. The highest BCUT2D eigenvalue weighted by molar-refractivity contribution is 6.02. The molecule has 1 aliphatic carbocycles. The Morgan fingerprint density at radius 2 is 2.00 bits per heavy atom. The fraction of sp³-hybridized carbons (Fsp3) is 0.188. The minimum Gasteiger partial charge on any atom is -0.293 e. The largest absolute Gasteiger partial charge is 0.293 e. The van der Waals surface area contributed by atoms with Crippen LogP contribution in [-0.2, 0) is 6.42 Å². The summed E-state index contributed by atoms with van der Waals surface area (Å²) in [7, 11) is 0. The van der Waals surface area contributed by atoms with Crippen molar-refractivity contribution >= 4 is 5.78 Å². The lowest BCUT2D eigenvalue weighted by Gasteiger charge is -2.28. The van der Waals surface area contributed by atoms with Crippen molar-refractivity contribution in [1.82, 2.24) is 0 Å². The highest BCUT2D eigenvalue weighted by Crippen LogP contribution is 2.37. The molecule has 0 radical (unpaired) electrons. The standard InChI is InChI=1S/C16H13FO/c1-10-6-12(8-13(17)7-10)16(18)15-9-11-4-2-3-5-14(11)15/h2-8,15H,9H2,1H3. The third-order valence-electron chi connectivity index (χ3n) is 3.50. The smallest absolute Gasteiger partial charge is 0.170 e. The number of hydrogen-bond donors (Lipinski definition) is 0. The van der Waals surface area contributed by atoms with Crippen LogP contribution in [-0.4, -0.2) is 5.78 Å². The van der Waals surface area contributed by atoms with E-state index in [4.69, 9.17) is 0 Å². The summed E-state index contributed by atoms with van der Waals surface area (Å²) in [4.78, 5) is 12.3. The van der Waals surface area contributed by atoms with E-state index < -0.39 is 0 Å². The molecular weight excluding hydrogens is 227 g/mol. The second-order valence-electron chi connectivity index (χ2n) is 4.84. The second kappa shape index (κ2) is 4.05. The maximum absolute atomic E-state index is 13.3. The molecule has 0 spiro atoms. The quantitative estimate of drug-likeness (QED) is 0.732. The van der Waals surface area contributed by atoms with Crippen LogP contribution < -0.4 is 0 Å². The Kier molecular flexibility index (Phi) is 2.51. The van der Waals surface area contributed by atoms with Gasteiger partial charge in [0.1, 0.15) is 5.82 Å². The zero-order valence-electron chi connectivity index (χ0n) is 10.1. The zero-order valence-corrected chi connectivity index (χ0v) is 10.1. The average Bonchev–Trinajstić information content (AvgIpc) is 2.29. The molecule has 0 heterocycles. The predicted molar refractivity (Wildman–Crippen MR) is 68.4 cm³/mol. The SMILES string of the molecule is Cc1cc(F)cc(C(=O)C2Cc3ccccc32)c1. The number of hydrogen-bond acceptors (Lipinski definition) is 1. The predicted octanol–water partition coefficient (Wildman–Crippen LogP) is 3.66. The Hall–Kier alpha value is -1.96. The number of carbonyl (C=O) groups excluding carboxylic acids is 1. The highest BCUT2D eigenvalue weighted by Gasteiger charge is 2.32. The summed E-state index contributed by atoms with van der Waals surface area (Å²) in [6.45, 7) is 1.80. The minimum absolute atomic E-state index is 0.0244. The summed E-state index contributed by atoms with van der Waals surface area (Å²) in [5.41, 5.74) is 3.58. The number of Topliss-reactive ketones (excluding diaryl/α,β-unsaturated/α-hetero) is 1. The average molecular weight is 240 g/mol. The molecule has 2 aromatic rings. The van der Waals surface area contributed by atoms with Crippen LogP contribution in [0.15, 0.2) is 42.5 Å². The summed E-state index contributed by atoms with van der Waals surface area (Å²) in [5.74, 6) is -0.412. The number of ketones is 1. The van der Waals surface area contributed by atoms with Crippen LogP contribution >= 0.6 is 0 Å². The molecule has 1 nitrogen and oxygen atoms in total. The Morgan fingerprint density at radius 1 is 1.22 bits per heavy atom. The zero-order chi connectivity index (χ0) is 12.7. The normalized spacial score (nSPS) is 16.9. The molecule has 0 bridgehead atoms. The van der Waals surface area contributed by atoms with E-state index in [0.717, 1.165) is 17.5 Å². The molecule has 1 atom stereocenters. The Bertz CT molecular complexity index is 610. The van der Waals surface area contributed by atoms with Crippen molar-refractivity contribution < 1.29 is 9.18 Å². The minimum atomic E-state index is -0.342. The molecule has 0 saturated heterocycles. The Morgan fingerprint density at radius 3 is 2.72 bits per heavy atom. The van der Waals surface area contributed by atoms with Gasteiger partial charge in [-0.05, 0) is 48.2 Å². The number of halogens is 1. The fourth-order valence-corrected chi connectivity index (χ4v) is 2.57. The Balaban J connectivity index is 1.93. The number of rotatable bonds is 2. The molecule has 18 heavy (non-hydrogen) atoms. The fourth-order valence-electron chi connectivity index (χ4n) is 2.57. The van der Waals surface area contributed by atoms with Gasteiger partial charge in [0, 0.05) is 5.56 Å². The summed E-state index contributed by atoms with van der Waals surface area (Å²) in [6.07, 6.45) is 0.768. The second-order valence-corrected chi connectivity index (χ2v) is 4.84. The maximum Gasteiger partial charge on any atom is 0.170 e. The summed E-state index contributed by atoms with van der Waals surface area (Å²) >= 11 is 0. The van der Waals surface area contributed by atoms with Gasteiger partial charge < -0.3 is 0 Å². The van der Waals surface area contributed by atoms with Crippen molar-refractivity contribution in [3.05, 3.63) is 70.5 Å². The molecule has 0 amide bonds. The molecule has 0 aromatic heterocycles. The first-order valence-corrected chi connectivity index (χ1v) is 6.04. The van der Waals surface area contributed by atoms with Gasteiger partial charge in [0.25, 0.3) is 0 Å². The van der Waals surface area contributed by atoms with E-state index >= 15 is 0 Å². The van der Waals surface area contributed by atoms with Crippen molar-refractivity contribution in [2.24, 2.45) is 0 Å². The first-order valence-electron chi connectivity index (χ1n) is 6.04. The van der Waals surface area contributed by atoms with E-state index in [0.29, 0.717) is 5.56 Å². The van der Waals surface area contributed by atoms with Crippen molar-refractivity contribution in [1.29, 1.82) is 0 Å². The van der Waals surface area contributed by atoms with E-state index in [1.807, 2.05) is 24.3 Å². The topological polar surface area (TPSA) is 17.1 Å². The van der Waals surface area contributed by atoms with Crippen molar-refractivity contribution in [2.75, 3.05) is 0 Å². The van der Waals surface area contributed by atoms with E-state index in [1.54, 1.807) is 13.0 Å². The molecule has 1 aliphatic rings. The van der Waals surface area contributed by atoms with Gasteiger partial charge in [-0.3, -0.25) is 4.79 Å². The van der Waals surface area contributed by atoms with Gasteiger partial charge in [-0.15, -0.1) is 0 Å². The van der Waals surface area contributed by atoms with E-state index in [1.165, 1.54) is 17.7 Å². The van der Waals surface area contributed by atoms with Crippen LogP contribution in [0.5, 0.6) is 0 Å². The van der Waals surface area contributed by atoms with Crippen LogP contribution in [0.2, 0.25) is 0 Å². The lowest BCUT2D eigenvalue weighted by atomic mass is 9.74. The van der Waals surface area contributed by atoms with Crippen LogP contribution in [0.1, 0.15) is 33.0 Å². The molecule has 0 aliphatic heterocycles. The van der Waals surface area contributed by atoms with Gasteiger partial charge in [-0.25, -0.2) is 4.39 Å². The maximum atomic E-state index is 13.3. The first kappa shape index (κ1) is 11.1. The van der Waals surface area contributed by atoms with Crippen LogP contribution in [0.3, 0.4) is 0 Å². The lowest BCUT2D eigenvalue weighted by Crippen LogP contribution is -2.25. The molecule has 90 valence electrons. The molecule has 3 rings (SSSR count). The third kappa shape index (κ3) is 1.74. The van der Waals surface area contributed by atoms with Crippen molar-refractivity contribution in [3.8, 4) is 0 Å². The molecule has 2 aromatic carbocycles. The number of benzene rings is 2.